The molecule has 0 aliphatic heterocycles. The average molecular weight is 550 g/mol. The summed E-state index contributed by atoms with van der Waals surface area (Å²) in [6.07, 6.45) is 10.8. The van der Waals surface area contributed by atoms with Crippen LogP contribution in [0.2, 0.25) is 10.6 Å². The van der Waals surface area contributed by atoms with Crippen LogP contribution in [0.4, 0.5) is 0 Å². The Kier molecular flexibility index (Phi) is 8.01. The number of hydrogen-bond donors (Lipinski definition) is 3. The molecule has 3 N–H and O–H groups in total. The van der Waals surface area contributed by atoms with Crippen LogP contribution in [0.15, 0.2) is 0 Å². The van der Waals surface area contributed by atoms with Crippen molar-refractivity contribution in [1.29, 1.82) is 0 Å². The number of aliphatic hydroxyl groups is 2. The summed E-state index contributed by atoms with van der Waals surface area (Å²) in [6, 6.07) is 0. The van der Waals surface area contributed by atoms with E-state index in [4.69, 9.17) is 4.55 Å². The van der Waals surface area contributed by atoms with Crippen molar-refractivity contribution >= 4 is 25.1 Å². The summed E-state index contributed by atoms with van der Waals surface area (Å²) >= 11 is 0.282. The monoisotopic (exact) mass is 550 g/mol. The minimum absolute atomic E-state index is 0.0958. The molecule has 5 nitrogen and oxygen atoms in total. The predicted molar refractivity (Wildman–Crippen MR) is 133 cm³/mol. The molecule has 0 heterocycles. The third-order valence-corrected chi connectivity index (χ3v) is 14.4. The van der Waals surface area contributed by atoms with Crippen molar-refractivity contribution in [1.82, 2.24) is 0 Å². The van der Waals surface area contributed by atoms with Gasteiger partial charge in [0, 0.05) is 0 Å². The quantitative estimate of drug-likeness (QED) is 0.229. The van der Waals surface area contributed by atoms with E-state index in [1.165, 1.54) is 51.4 Å². The third-order valence-electron chi connectivity index (χ3n) is 10.9. The Morgan fingerprint density at radius 2 is 1.64 bits per heavy atom. The van der Waals surface area contributed by atoms with Crippen molar-refractivity contribution in [2.45, 2.75) is 108 Å². The van der Waals surface area contributed by atoms with Crippen LogP contribution in [-0.2, 0) is 10.1 Å². The Balaban J connectivity index is 1.39. The van der Waals surface area contributed by atoms with Crippen molar-refractivity contribution < 1.29 is 23.2 Å². The third kappa shape index (κ3) is 4.98. The molecule has 0 aromatic heterocycles. The number of fused-ring (bicyclic) bond motifs is 5. The van der Waals surface area contributed by atoms with Gasteiger partial charge in [0.15, 0.2) is 0 Å². The van der Waals surface area contributed by atoms with Crippen LogP contribution in [0.3, 0.4) is 0 Å². The van der Waals surface area contributed by atoms with Crippen LogP contribution in [0.1, 0.15) is 85.0 Å². The fraction of sp³-hybridized carbons (Fsp3) is 1.00. The summed E-state index contributed by atoms with van der Waals surface area (Å²) in [5.74, 6) is 2.81. The van der Waals surface area contributed by atoms with Gasteiger partial charge in [-0.2, -0.15) is 0 Å². The van der Waals surface area contributed by atoms with Crippen LogP contribution < -0.4 is 0 Å². The summed E-state index contributed by atoms with van der Waals surface area (Å²) < 4.78 is 30.7. The standard InChI is InChI=1S/C26H46O5SSe/c1-17(7-6-15-33-16-14-32(29,30)31)18-9-10-19-22-20(11-13-26(18,19)3)25(2)12-5-4-8-21(25)23(27)24(22)28/h17-24,27-28H,4-16H2,1-3H3,(H,29,30,31). The molecule has 0 aromatic rings. The zero-order chi connectivity index (χ0) is 24.0. The topological polar surface area (TPSA) is 94.8 Å². The van der Waals surface area contributed by atoms with Gasteiger partial charge in [0.2, 0.25) is 0 Å². The van der Waals surface area contributed by atoms with Gasteiger partial charge in [-0.3, -0.25) is 0 Å². The molecule has 4 aliphatic carbocycles. The molecule has 4 fully saturated rings. The molecule has 10 atom stereocenters. The van der Waals surface area contributed by atoms with Gasteiger partial charge in [0.25, 0.3) is 0 Å². The summed E-state index contributed by atoms with van der Waals surface area (Å²) in [5, 5.41) is 24.3. The van der Waals surface area contributed by atoms with E-state index in [0.29, 0.717) is 29.0 Å². The Labute approximate surface area is 207 Å². The first-order valence-corrected chi connectivity index (χ1v) is 17.4. The molecule has 4 saturated carbocycles. The maximum atomic E-state index is 11.4. The van der Waals surface area contributed by atoms with Gasteiger partial charge in [-0.05, 0) is 0 Å². The number of hydrogen-bond acceptors (Lipinski definition) is 4. The molecule has 0 spiro atoms. The van der Waals surface area contributed by atoms with E-state index < -0.39 is 22.3 Å². The van der Waals surface area contributed by atoms with Gasteiger partial charge in [0.1, 0.15) is 0 Å². The molecule has 0 saturated heterocycles. The fourth-order valence-corrected chi connectivity index (χ4v) is 12.9. The molecule has 0 amide bonds. The zero-order valence-electron chi connectivity index (χ0n) is 20.8. The van der Waals surface area contributed by atoms with Crippen molar-refractivity contribution in [2.75, 3.05) is 5.75 Å². The second kappa shape index (κ2) is 10.0. The predicted octanol–water partition coefficient (Wildman–Crippen LogP) is 4.82. The molecular weight excluding hydrogens is 503 g/mol. The number of aliphatic hydroxyl groups excluding tert-OH is 2. The Hall–Kier alpha value is 0.349. The fourth-order valence-electron chi connectivity index (χ4n) is 9.26. The minimum atomic E-state index is -3.82. The first-order chi connectivity index (χ1) is 15.5. The van der Waals surface area contributed by atoms with Crippen LogP contribution >= 0.6 is 0 Å². The normalized spacial score (nSPS) is 46.3. The summed E-state index contributed by atoms with van der Waals surface area (Å²) in [6.45, 7) is 7.33. The molecule has 10 unspecified atom stereocenters. The van der Waals surface area contributed by atoms with Crippen LogP contribution in [0.5, 0.6) is 0 Å². The van der Waals surface area contributed by atoms with Crippen LogP contribution in [0.25, 0.3) is 0 Å². The average Bonchev–Trinajstić information content (AvgIpc) is 3.10. The van der Waals surface area contributed by atoms with E-state index in [9.17, 15) is 18.6 Å². The molecule has 4 rings (SSSR count). The van der Waals surface area contributed by atoms with Crippen LogP contribution in [0, 0.1) is 46.3 Å². The van der Waals surface area contributed by atoms with E-state index in [0.717, 1.165) is 18.2 Å². The van der Waals surface area contributed by atoms with Gasteiger partial charge >= 0.3 is 202 Å². The molecule has 4 aliphatic rings. The maximum absolute atomic E-state index is 11.4. The van der Waals surface area contributed by atoms with Crippen LogP contribution in [-0.4, -0.2) is 56.1 Å². The van der Waals surface area contributed by atoms with Crippen molar-refractivity contribution in [3.63, 3.8) is 0 Å². The molecule has 0 bridgehead atoms. The molecule has 0 radical (unpaired) electrons. The van der Waals surface area contributed by atoms with E-state index >= 15 is 0 Å². The molecule has 192 valence electrons. The van der Waals surface area contributed by atoms with Gasteiger partial charge in [-0.25, -0.2) is 0 Å². The van der Waals surface area contributed by atoms with E-state index in [2.05, 4.69) is 20.8 Å². The van der Waals surface area contributed by atoms with Gasteiger partial charge < -0.3 is 0 Å². The molecule has 33 heavy (non-hydrogen) atoms. The zero-order valence-corrected chi connectivity index (χ0v) is 23.3. The van der Waals surface area contributed by atoms with Gasteiger partial charge in [-0.1, -0.05) is 6.42 Å². The van der Waals surface area contributed by atoms with E-state index in [1.54, 1.807) is 0 Å². The molecule has 7 heteroatoms. The van der Waals surface area contributed by atoms with E-state index in [1.807, 2.05) is 0 Å². The van der Waals surface area contributed by atoms with Crippen molar-refractivity contribution in [3.05, 3.63) is 0 Å². The van der Waals surface area contributed by atoms with E-state index in [-0.39, 0.29) is 43.4 Å². The second-order valence-corrected chi connectivity index (χ2v) is 16.5. The summed E-state index contributed by atoms with van der Waals surface area (Å²) in [5.41, 5.74) is 0.450. The van der Waals surface area contributed by atoms with Gasteiger partial charge in [0.05, 0.1) is 0 Å². The SMILES string of the molecule is CC(CCC[Se]CCS(=O)(=O)O)C1CCC2C3C(O)C(O)C4CCCCC4(C)C3CCC12C. The van der Waals surface area contributed by atoms with Crippen molar-refractivity contribution in [3.8, 4) is 0 Å². The summed E-state index contributed by atoms with van der Waals surface area (Å²) in [7, 11) is -3.82. The van der Waals surface area contributed by atoms with Gasteiger partial charge in [-0.15, -0.1) is 0 Å². The first-order valence-electron chi connectivity index (χ1n) is 13.4. The Bertz CT molecular complexity index is 790. The molecule has 0 aromatic carbocycles. The van der Waals surface area contributed by atoms with Crippen molar-refractivity contribution in [2.24, 2.45) is 46.3 Å². The number of rotatable bonds is 8. The summed E-state index contributed by atoms with van der Waals surface area (Å²) in [4.78, 5) is 0. The first kappa shape index (κ1) is 26.4. The molecular formula is C26H46O5SSe. The Morgan fingerprint density at radius 1 is 0.909 bits per heavy atom. The second-order valence-electron chi connectivity index (χ2n) is 12.4. The Morgan fingerprint density at radius 3 is 2.36 bits per heavy atom.